The summed E-state index contributed by atoms with van der Waals surface area (Å²) >= 11 is 0. The van der Waals surface area contributed by atoms with E-state index in [1.165, 1.54) is 12.1 Å². The highest BCUT2D eigenvalue weighted by atomic mass is 19.1. The van der Waals surface area contributed by atoms with Crippen LogP contribution >= 0.6 is 0 Å². The molecule has 1 aliphatic rings. The molecule has 0 aromatic heterocycles. The second kappa shape index (κ2) is 7.30. The molecule has 1 aromatic carbocycles. The number of nitrogens with one attached hydrogen (secondary N) is 1. The van der Waals surface area contributed by atoms with E-state index in [0.29, 0.717) is 6.54 Å². The molecule has 21 heavy (non-hydrogen) atoms. The number of benzene rings is 1. The Bertz CT molecular complexity index is 494. The normalized spacial score (nSPS) is 17.4. The Labute approximate surface area is 121 Å². The van der Waals surface area contributed by atoms with E-state index in [4.69, 9.17) is 4.74 Å². The zero-order chi connectivity index (χ0) is 15.2. The lowest BCUT2D eigenvalue weighted by Crippen LogP contribution is -2.47. The fourth-order valence-electron chi connectivity index (χ4n) is 2.15. The van der Waals surface area contributed by atoms with Gasteiger partial charge in [0.2, 0.25) is 0 Å². The molecule has 1 atom stereocenters. The topological polar surface area (TPSA) is 87.9 Å². The van der Waals surface area contributed by atoms with Crippen LogP contribution in [0.3, 0.4) is 0 Å². The molecule has 1 fully saturated rings. The van der Waals surface area contributed by atoms with Gasteiger partial charge in [-0.3, -0.25) is 15.0 Å². The van der Waals surface area contributed by atoms with Crippen molar-refractivity contribution >= 4 is 5.69 Å². The van der Waals surface area contributed by atoms with E-state index < -0.39 is 16.8 Å². The maximum absolute atomic E-state index is 13.6. The van der Waals surface area contributed by atoms with Crippen molar-refractivity contribution in [1.82, 2.24) is 10.2 Å². The molecule has 7 nitrogen and oxygen atoms in total. The van der Waals surface area contributed by atoms with Gasteiger partial charge in [0.15, 0.2) is 11.6 Å². The van der Waals surface area contributed by atoms with Crippen LogP contribution in [0.1, 0.15) is 0 Å². The number of halogens is 1. The number of β-amino-alcohol motifs (C(OH)–C–C–N with tert-alkyl or cyclic N) is 1. The third kappa shape index (κ3) is 4.62. The molecule has 1 saturated heterocycles. The summed E-state index contributed by atoms with van der Waals surface area (Å²) in [6.45, 7) is 3.86. The number of nitrogens with zero attached hydrogens (tertiary/aromatic N) is 2. The number of non-ortho nitro benzene ring substituents is 1. The van der Waals surface area contributed by atoms with Crippen molar-refractivity contribution in [2.45, 2.75) is 6.10 Å². The molecule has 0 radical (unpaired) electrons. The van der Waals surface area contributed by atoms with Gasteiger partial charge in [-0.15, -0.1) is 0 Å². The molecule has 1 heterocycles. The summed E-state index contributed by atoms with van der Waals surface area (Å²) in [5.74, 6) is -0.904. The van der Waals surface area contributed by atoms with E-state index in [1.807, 2.05) is 0 Å². The number of nitro groups is 1. The number of hydrogen-bond acceptors (Lipinski definition) is 6. The van der Waals surface area contributed by atoms with Gasteiger partial charge in [-0.1, -0.05) is 0 Å². The van der Waals surface area contributed by atoms with Gasteiger partial charge >= 0.3 is 0 Å². The molecule has 1 unspecified atom stereocenters. The van der Waals surface area contributed by atoms with Crippen molar-refractivity contribution in [3.05, 3.63) is 34.1 Å². The molecule has 2 N–H and O–H groups in total. The van der Waals surface area contributed by atoms with Crippen LogP contribution in [0.15, 0.2) is 18.2 Å². The third-order valence-corrected chi connectivity index (χ3v) is 3.24. The Balaban J connectivity index is 1.83. The molecule has 0 amide bonds. The Morgan fingerprint density at radius 3 is 2.81 bits per heavy atom. The number of nitro benzene ring substituents is 1. The molecule has 0 aliphatic carbocycles. The maximum atomic E-state index is 13.6. The summed E-state index contributed by atoms with van der Waals surface area (Å²) in [6.07, 6.45) is -0.738. The summed E-state index contributed by atoms with van der Waals surface area (Å²) in [5.41, 5.74) is -0.332. The number of piperazine rings is 1. The summed E-state index contributed by atoms with van der Waals surface area (Å²) in [4.78, 5) is 11.9. The zero-order valence-electron chi connectivity index (χ0n) is 11.5. The molecule has 2 rings (SSSR count). The monoisotopic (exact) mass is 299 g/mol. The number of rotatable bonds is 6. The lowest BCUT2D eigenvalue weighted by Gasteiger charge is -2.29. The molecular weight excluding hydrogens is 281 g/mol. The number of aliphatic hydroxyl groups is 1. The predicted molar refractivity (Wildman–Crippen MR) is 73.9 cm³/mol. The highest BCUT2D eigenvalue weighted by Crippen LogP contribution is 2.22. The number of aliphatic hydroxyl groups excluding tert-OH is 1. The van der Waals surface area contributed by atoms with Gasteiger partial charge in [-0.25, -0.2) is 4.39 Å². The predicted octanol–water partition coefficient (Wildman–Crippen LogP) is 0.379. The van der Waals surface area contributed by atoms with Gasteiger partial charge in [0.1, 0.15) is 12.7 Å². The van der Waals surface area contributed by atoms with Crippen LogP contribution in [-0.4, -0.2) is 60.4 Å². The third-order valence-electron chi connectivity index (χ3n) is 3.24. The minimum atomic E-state index is -0.807. The largest absolute Gasteiger partial charge is 0.488 e. The van der Waals surface area contributed by atoms with Crippen LogP contribution in [0.25, 0.3) is 0 Å². The molecular formula is C13H18FN3O4. The van der Waals surface area contributed by atoms with Crippen molar-refractivity contribution in [2.24, 2.45) is 0 Å². The molecule has 1 aromatic rings. The minimum absolute atomic E-state index is 0.0569. The summed E-state index contributed by atoms with van der Waals surface area (Å²) < 4.78 is 18.8. The van der Waals surface area contributed by atoms with Crippen LogP contribution in [0, 0.1) is 15.9 Å². The van der Waals surface area contributed by atoms with Gasteiger partial charge in [0.05, 0.1) is 11.0 Å². The van der Waals surface area contributed by atoms with Crippen LogP contribution in [-0.2, 0) is 0 Å². The van der Waals surface area contributed by atoms with Crippen LogP contribution in [0.4, 0.5) is 10.1 Å². The summed E-state index contributed by atoms with van der Waals surface area (Å²) in [6, 6.07) is 3.17. The Hall–Kier alpha value is -1.77. The first-order valence-electron chi connectivity index (χ1n) is 6.74. The standard InChI is InChI=1S/C13H18FN3O4/c14-12-7-10(17(19)20)1-2-13(12)21-9-11(18)8-16-5-3-15-4-6-16/h1-2,7,11,15,18H,3-6,8-9H2. The van der Waals surface area contributed by atoms with Crippen LogP contribution < -0.4 is 10.1 Å². The first-order chi connectivity index (χ1) is 10.1. The van der Waals surface area contributed by atoms with Crippen molar-refractivity contribution in [3.8, 4) is 5.75 Å². The first-order valence-corrected chi connectivity index (χ1v) is 6.74. The fourth-order valence-corrected chi connectivity index (χ4v) is 2.15. The van der Waals surface area contributed by atoms with Gasteiger partial charge in [-0.2, -0.15) is 0 Å². The van der Waals surface area contributed by atoms with Gasteiger partial charge in [0.25, 0.3) is 5.69 Å². The second-order valence-corrected chi connectivity index (χ2v) is 4.89. The van der Waals surface area contributed by atoms with Crippen molar-refractivity contribution < 1.29 is 19.2 Å². The zero-order valence-corrected chi connectivity index (χ0v) is 11.5. The molecule has 0 spiro atoms. The van der Waals surface area contributed by atoms with Crippen molar-refractivity contribution in [2.75, 3.05) is 39.3 Å². The van der Waals surface area contributed by atoms with E-state index >= 15 is 0 Å². The summed E-state index contributed by atoms with van der Waals surface area (Å²) in [5, 5.41) is 23.6. The lowest BCUT2D eigenvalue weighted by atomic mass is 10.3. The van der Waals surface area contributed by atoms with E-state index in [0.717, 1.165) is 32.2 Å². The lowest BCUT2D eigenvalue weighted by molar-refractivity contribution is -0.385. The smallest absolute Gasteiger partial charge is 0.272 e. The maximum Gasteiger partial charge on any atom is 0.272 e. The molecule has 0 bridgehead atoms. The Morgan fingerprint density at radius 2 is 2.19 bits per heavy atom. The van der Waals surface area contributed by atoms with E-state index in [9.17, 15) is 19.6 Å². The molecule has 116 valence electrons. The highest BCUT2D eigenvalue weighted by molar-refractivity contribution is 5.37. The van der Waals surface area contributed by atoms with Gasteiger partial charge in [0, 0.05) is 38.8 Å². The number of hydrogen-bond donors (Lipinski definition) is 2. The van der Waals surface area contributed by atoms with Crippen LogP contribution in [0.2, 0.25) is 0 Å². The highest BCUT2D eigenvalue weighted by Gasteiger charge is 2.16. The molecule has 8 heteroatoms. The van der Waals surface area contributed by atoms with Crippen LogP contribution in [0.5, 0.6) is 5.75 Å². The van der Waals surface area contributed by atoms with Crippen molar-refractivity contribution in [3.63, 3.8) is 0 Å². The average molecular weight is 299 g/mol. The SMILES string of the molecule is O=[N+]([O-])c1ccc(OCC(O)CN2CCNCC2)c(F)c1. The van der Waals surface area contributed by atoms with Crippen molar-refractivity contribution in [1.29, 1.82) is 0 Å². The van der Waals surface area contributed by atoms with Gasteiger partial charge < -0.3 is 15.2 Å². The van der Waals surface area contributed by atoms with Gasteiger partial charge in [-0.05, 0) is 6.07 Å². The first kappa shape index (κ1) is 15.6. The number of ether oxygens (including phenoxy) is 1. The second-order valence-electron chi connectivity index (χ2n) is 4.89. The minimum Gasteiger partial charge on any atom is -0.488 e. The molecule has 1 aliphatic heterocycles. The molecule has 0 saturated carbocycles. The van der Waals surface area contributed by atoms with E-state index in [1.54, 1.807) is 0 Å². The Kier molecular flexibility index (Phi) is 5.43. The summed E-state index contributed by atoms with van der Waals surface area (Å²) in [7, 11) is 0. The quantitative estimate of drug-likeness (QED) is 0.583. The van der Waals surface area contributed by atoms with E-state index in [-0.39, 0.29) is 18.0 Å². The Morgan fingerprint density at radius 1 is 1.48 bits per heavy atom. The van der Waals surface area contributed by atoms with E-state index in [2.05, 4.69) is 10.2 Å². The average Bonchev–Trinajstić information content (AvgIpc) is 2.47. The fraction of sp³-hybridized carbons (Fsp3) is 0.538.